The van der Waals surface area contributed by atoms with E-state index in [0.717, 1.165) is 5.75 Å². The number of hydrogen-bond donors (Lipinski definition) is 3. The minimum Gasteiger partial charge on any atom is -0.491 e. The molecule has 2 aromatic carbocycles. The van der Waals surface area contributed by atoms with Crippen molar-refractivity contribution in [3.63, 3.8) is 0 Å². The Labute approximate surface area is 187 Å². The fourth-order valence-electron chi connectivity index (χ4n) is 3.55. The van der Waals surface area contributed by atoms with E-state index < -0.39 is 12.2 Å². The molecule has 0 aliphatic rings. The molecule has 2 aromatic rings. The minimum absolute atomic E-state index is 0.105. The number of likely N-dealkylation sites (N-methyl/N-ethyl adjacent to an activating group) is 1. The molecule has 0 fully saturated rings. The molecule has 31 heavy (non-hydrogen) atoms. The molecule has 2 unspecified atom stereocenters. The zero-order valence-corrected chi connectivity index (χ0v) is 19.8. The summed E-state index contributed by atoms with van der Waals surface area (Å²) in [5, 5.41) is 20.2. The molecule has 0 radical (unpaired) electrons. The first-order chi connectivity index (χ1) is 14.5. The van der Waals surface area contributed by atoms with Crippen molar-refractivity contribution in [3.05, 3.63) is 65.2 Å². The second-order valence-electron chi connectivity index (χ2n) is 9.32. The van der Waals surface area contributed by atoms with Crippen LogP contribution in [-0.4, -0.2) is 74.5 Å². The van der Waals surface area contributed by atoms with Gasteiger partial charge in [0, 0.05) is 12.5 Å². The van der Waals surface area contributed by atoms with Gasteiger partial charge in [0.2, 0.25) is 0 Å². The number of nitrogens with one attached hydrogen (secondary N) is 1. The van der Waals surface area contributed by atoms with Crippen LogP contribution in [0.4, 0.5) is 0 Å². The summed E-state index contributed by atoms with van der Waals surface area (Å²) in [5.74, 6) is 0.733. The lowest BCUT2D eigenvalue weighted by atomic mass is 9.78. The van der Waals surface area contributed by atoms with Crippen LogP contribution in [0.15, 0.2) is 48.5 Å². The van der Waals surface area contributed by atoms with Gasteiger partial charge >= 0.3 is 0 Å². The van der Waals surface area contributed by atoms with Crippen molar-refractivity contribution in [1.29, 1.82) is 0 Å². The highest BCUT2D eigenvalue weighted by atomic mass is 16.5. The van der Waals surface area contributed by atoms with Gasteiger partial charge in [-0.25, -0.2) is 4.59 Å². The third-order valence-corrected chi connectivity index (χ3v) is 5.57. The topological polar surface area (TPSA) is 71.0 Å². The first kappa shape index (κ1) is 25.3. The van der Waals surface area contributed by atoms with Gasteiger partial charge in [0.15, 0.2) is 0 Å². The summed E-state index contributed by atoms with van der Waals surface area (Å²) in [5.41, 5.74) is 6.84. The monoisotopic (exact) mass is 431 g/mol. The highest BCUT2D eigenvalue weighted by Crippen LogP contribution is 2.32. The third kappa shape index (κ3) is 7.91. The number of nitrogens with zero attached hydrogens (tertiary/aromatic N) is 1. The molecular formula is C25H39N2O4+. The van der Waals surface area contributed by atoms with E-state index in [2.05, 4.69) is 62.6 Å². The molecule has 3 N–H and O–H groups in total. The first-order valence-electron chi connectivity index (χ1n) is 10.8. The maximum atomic E-state index is 10.4. The summed E-state index contributed by atoms with van der Waals surface area (Å²) in [6.45, 7) is 7.82. The molecule has 2 atom stereocenters. The van der Waals surface area contributed by atoms with Gasteiger partial charge in [0.25, 0.3) is 0 Å². The number of aliphatic hydroxyl groups is 2. The van der Waals surface area contributed by atoms with Crippen molar-refractivity contribution in [3.8, 4) is 5.75 Å². The van der Waals surface area contributed by atoms with E-state index in [1.165, 1.54) is 16.7 Å². The summed E-state index contributed by atoms with van der Waals surface area (Å²) in [6, 6.07) is 16.7. The van der Waals surface area contributed by atoms with Crippen LogP contribution in [0.1, 0.15) is 30.5 Å². The highest BCUT2D eigenvalue weighted by Gasteiger charge is 2.24. The van der Waals surface area contributed by atoms with Crippen LogP contribution in [0.3, 0.4) is 0 Å². The number of hydrogen-bond acceptors (Lipinski definition) is 5. The number of quaternary nitrogens is 1. The van der Waals surface area contributed by atoms with E-state index in [1.807, 2.05) is 26.2 Å². The molecule has 0 spiro atoms. The maximum absolute atomic E-state index is 10.4. The predicted molar refractivity (Wildman–Crippen MR) is 124 cm³/mol. The van der Waals surface area contributed by atoms with Gasteiger partial charge in [0.1, 0.15) is 25.0 Å². The summed E-state index contributed by atoms with van der Waals surface area (Å²) in [4.78, 5) is 0. The molecule has 0 heterocycles. The van der Waals surface area contributed by atoms with Gasteiger partial charge in [-0.1, -0.05) is 55.8 Å². The smallest absolute Gasteiger partial charge is 0.138 e. The fraction of sp³-hybridized carbons (Fsp3) is 0.520. The number of benzene rings is 2. The molecule has 0 aliphatic heterocycles. The van der Waals surface area contributed by atoms with Crippen LogP contribution < -0.4 is 10.2 Å². The van der Waals surface area contributed by atoms with Crippen molar-refractivity contribution < 1.29 is 24.3 Å². The Bertz CT molecular complexity index is 788. The SMILES string of the molecule is COCC(O)CN[N+](C)(C)CC(O)COc1ccc(C(C)(C)c2ccc(C)cc2)cc1. The van der Waals surface area contributed by atoms with Crippen molar-refractivity contribution >= 4 is 0 Å². The predicted octanol–water partition coefficient (Wildman–Crippen LogP) is 2.65. The van der Waals surface area contributed by atoms with Gasteiger partial charge in [0.05, 0.1) is 33.4 Å². The molecule has 0 bridgehead atoms. The quantitative estimate of drug-likeness (QED) is 0.356. The molecule has 0 amide bonds. The van der Waals surface area contributed by atoms with Crippen molar-refractivity contribution in [2.75, 3.05) is 47.5 Å². The summed E-state index contributed by atoms with van der Waals surface area (Å²) in [6.07, 6.45) is -1.23. The van der Waals surface area contributed by atoms with Crippen molar-refractivity contribution in [1.82, 2.24) is 5.43 Å². The van der Waals surface area contributed by atoms with E-state index in [1.54, 1.807) is 7.11 Å². The number of rotatable bonds is 12. The molecule has 172 valence electrons. The lowest BCUT2D eigenvalue weighted by Gasteiger charge is -2.32. The van der Waals surface area contributed by atoms with Crippen molar-refractivity contribution in [2.24, 2.45) is 0 Å². The van der Waals surface area contributed by atoms with Gasteiger partial charge in [-0.05, 0) is 30.2 Å². The molecule has 0 saturated carbocycles. The fourth-order valence-corrected chi connectivity index (χ4v) is 3.55. The zero-order valence-electron chi connectivity index (χ0n) is 19.8. The van der Waals surface area contributed by atoms with Gasteiger partial charge in [-0.3, -0.25) is 0 Å². The Hall–Kier alpha value is -1.96. The van der Waals surface area contributed by atoms with E-state index in [-0.39, 0.29) is 18.6 Å². The Kier molecular flexibility index (Phi) is 9.03. The second-order valence-corrected chi connectivity index (χ2v) is 9.32. The minimum atomic E-state index is -0.647. The number of aryl methyl sites for hydroxylation is 1. The van der Waals surface area contributed by atoms with Gasteiger partial charge in [-0.15, -0.1) is 0 Å². The van der Waals surface area contributed by atoms with Crippen LogP contribution in [0.2, 0.25) is 0 Å². The third-order valence-electron chi connectivity index (χ3n) is 5.57. The molecule has 6 heteroatoms. The lowest BCUT2D eigenvalue weighted by molar-refractivity contribution is -0.937. The van der Waals surface area contributed by atoms with Gasteiger partial charge < -0.3 is 19.7 Å². The maximum Gasteiger partial charge on any atom is 0.138 e. The second kappa shape index (κ2) is 11.1. The van der Waals surface area contributed by atoms with E-state index in [4.69, 9.17) is 9.47 Å². The average Bonchev–Trinajstić information content (AvgIpc) is 2.71. The van der Waals surface area contributed by atoms with Crippen LogP contribution in [0.5, 0.6) is 5.75 Å². The highest BCUT2D eigenvalue weighted by molar-refractivity contribution is 5.40. The number of aliphatic hydroxyl groups excluding tert-OH is 2. The molecule has 2 rings (SSSR count). The molecule has 0 saturated heterocycles. The largest absolute Gasteiger partial charge is 0.491 e. The van der Waals surface area contributed by atoms with Crippen molar-refractivity contribution in [2.45, 2.75) is 38.4 Å². The first-order valence-corrected chi connectivity index (χ1v) is 10.8. The van der Waals surface area contributed by atoms with E-state index >= 15 is 0 Å². The Morgan fingerprint density at radius 1 is 0.903 bits per heavy atom. The number of ether oxygens (including phenoxy) is 2. The molecule has 6 nitrogen and oxygen atoms in total. The van der Waals surface area contributed by atoms with E-state index in [9.17, 15) is 10.2 Å². The summed E-state index contributed by atoms with van der Waals surface area (Å²) < 4.78 is 11.1. The summed E-state index contributed by atoms with van der Waals surface area (Å²) >= 11 is 0. The van der Waals surface area contributed by atoms with Crippen LogP contribution in [-0.2, 0) is 10.2 Å². The average molecular weight is 432 g/mol. The summed E-state index contributed by atoms with van der Waals surface area (Å²) in [7, 11) is 5.43. The standard InChI is InChI=1S/C25H39N2O4/c1-19-7-9-20(10-8-19)25(2,3)21-11-13-24(14-12-21)31-18-23(29)16-27(4,5)26-15-22(28)17-30-6/h7-14,22-23,26,28-29H,15-18H2,1-6H3/q+1. The van der Waals surface area contributed by atoms with E-state index in [0.29, 0.717) is 17.7 Å². The van der Waals surface area contributed by atoms with Crippen LogP contribution >= 0.6 is 0 Å². The number of methoxy groups -OCH3 is 1. The lowest BCUT2D eigenvalue weighted by Crippen LogP contribution is -2.58. The van der Waals surface area contributed by atoms with Gasteiger partial charge in [-0.2, -0.15) is 5.43 Å². The van der Waals surface area contributed by atoms with Crippen LogP contribution in [0.25, 0.3) is 0 Å². The zero-order chi connectivity index (χ0) is 23.1. The molecule has 0 aromatic heterocycles. The Balaban J connectivity index is 1.88. The molecular weight excluding hydrogens is 392 g/mol. The normalized spacial score (nSPS) is 14.3. The molecule has 0 aliphatic carbocycles. The van der Waals surface area contributed by atoms with Crippen LogP contribution in [0, 0.1) is 6.92 Å². The Morgan fingerprint density at radius 3 is 2.00 bits per heavy atom. The Morgan fingerprint density at radius 2 is 1.45 bits per heavy atom.